The Morgan fingerprint density at radius 1 is 0.786 bits per heavy atom. The van der Waals surface area contributed by atoms with E-state index in [9.17, 15) is 0 Å². The Balaban J connectivity index is 4.80. The highest BCUT2D eigenvalue weighted by Gasteiger charge is 2.39. The Morgan fingerprint density at radius 2 is 1.00 bits per heavy atom. The van der Waals surface area contributed by atoms with Crippen molar-refractivity contribution in [2.75, 3.05) is 0 Å². The van der Waals surface area contributed by atoms with E-state index >= 15 is 0 Å². The highest BCUT2D eigenvalue weighted by Crippen LogP contribution is 2.41. The Labute approximate surface area is 90.5 Å². The van der Waals surface area contributed by atoms with E-state index in [1.165, 1.54) is 25.7 Å². The lowest BCUT2D eigenvalue weighted by molar-refractivity contribution is 0.0962. The van der Waals surface area contributed by atoms with Crippen molar-refractivity contribution in [3.05, 3.63) is 0 Å². The van der Waals surface area contributed by atoms with Crippen LogP contribution in [0.3, 0.4) is 0 Å². The Hall–Kier alpha value is -0.0400. The molecule has 0 aromatic rings. The van der Waals surface area contributed by atoms with Crippen LogP contribution in [-0.2, 0) is 0 Å². The first-order valence-corrected chi connectivity index (χ1v) is 6.15. The van der Waals surface area contributed by atoms with E-state index in [1.54, 1.807) is 0 Å². The molecule has 0 aliphatic carbocycles. The predicted octanol–water partition coefficient (Wildman–Crippen LogP) is 3.97. The summed E-state index contributed by atoms with van der Waals surface area (Å²) in [6.45, 7) is 13.7. The molecule has 1 nitrogen and oxygen atoms in total. The van der Waals surface area contributed by atoms with Crippen LogP contribution in [0.5, 0.6) is 0 Å². The fourth-order valence-corrected chi connectivity index (χ4v) is 2.22. The van der Waals surface area contributed by atoms with E-state index in [0.717, 1.165) is 0 Å². The van der Waals surface area contributed by atoms with Gasteiger partial charge in [-0.05, 0) is 36.5 Å². The zero-order chi connectivity index (χ0) is 11.4. The summed E-state index contributed by atoms with van der Waals surface area (Å²) in [6, 6.07) is 0.319. The van der Waals surface area contributed by atoms with Gasteiger partial charge in [0.2, 0.25) is 0 Å². The second kappa shape index (κ2) is 5.16. The van der Waals surface area contributed by atoms with Crippen molar-refractivity contribution in [1.29, 1.82) is 0 Å². The lowest BCUT2D eigenvalue weighted by atomic mass is 9.64. The first-order valence-electron chi connectivity index (χ1n) is 6.15. The fraction of sp³-hybridized carbons (Fsp3) is 1.00. The molecule has 0 aromatic carbocycles. The highest BCUT2D eigenvalue weighted by atomic mass is 14.7. The van der Waals surface area contributed by atoms with E-state index < -0.39 is 0 Å². The van der Waals surface area contributed by atoms with E-state index in [0.29, 0.717) is 16.9 Å². The monoisotopic (exact) mass is 199 g/mol. The third-order valence-corrected chi connectivity index (χ3v) is 4.73. The first kappa shape index (κ1) is 14.0. The topological polar surface area (TPSA) is 26.0 Å². The molecule has 0 saturated carbocycles. The second-order valence-corrected chi connectivity index (χ2v) is 5.20. The van der Waals surface area contributed by atoms with Gasteiger partial charge in [0.15, 0.2) is 0 Å². The van der Waals surface area contributed by atoms with Crippen LogP contribution in [0, 0.1) is 10.8 Å². The molecule has 14 heavy (non-hydrogen) atoms. The predicted molar refractivity (Wildman–Crippen MR) is 65.4 cm³/mol. The minimum atomic E-state index is 0.306. The van der Waals surface area contributed by atoms with Gasteiger partial charge in [-0.3, -0.25) is 0 Å². The van der Waals surface area contributed by atoms with Crippen molar-refractivity contribution in [3.8, 4) is 0 Å². The number of hydrogen-bond acceptors (Lipinski definition) is 1. The van der Waals surface area contributed by atoms with Gasteiger partial charge in [0.1, 0.15) is 0 Å². The summed E-state index contributed by atoms with van der Waals surface area (Å²) in [5, 5.41) is 0. The molecule has 0 atom stereocenters. The van der Waals surface area contributed by atoms with Gasteiger partial charge in [-0.15, -0.1) is 0 Å². The van der Waals surface area contributed by atoms with Crippen LogP contribution in [0.2, 0.25) is 0 Å². The minimum Gasteiger partial charge on any atom is -0.327 e. The van der Waals surface area contributed by atoms with E-state index in [2.05, 4.69) is 41.5 Å². The van der Waals surface area contributed by atoms with Gasteiger partial charge in [-0.2, -0.15) is 0 Å². The number of hydrogen-bond donors (Lipinski definition) is 1. The van der Waals surface area contributed by atoms with E-state index in [4.69, 9.17) is 5.73 Å². The summed E-state index contributed by atoms with van der Waals surface area (Å²) in [5.74, 6) is 0. The van der Waals surface area contributed by atoms with Crippen LogP contribution >= 0.6 is 0 Å². The van der Waals surface area contributed by atoms with Gasteiger partial charge in [-0.1, -0.05) is 41.5 Å². The summed E-state index contributed by atoms with van der Waals surface area (Å²) < 4.78 is 0. The molecule has 0 radical (unpaired) electrons. The number of nitrogens with two attached hydrogens (primary N) is 1. The molecular formula is C13H29N. The van der Waals surface area contributed by atoms with E-state index in [1.807, 2.05) is 0 Å². The maximum atomic E-state index is 6.47. The molecule has 0 amide bonds. The maximum Gasteiger partial charge on any atom is 0.0147 e. The molecule has 0 aliphatic heterocycles. The quantitative estimate of drug-likeness (QED) is 0.688. The van der Waals surface area contributed by atoms with Gasteiger partial charge in [-0.25, -0.2) is 0 Å². The second-order valence-electron chi connectivity index (χ2n) is 5.20. The summed E-state index contributed by atoms with van der Waals surface area (Å²) >= 11 is 0. The van der Waals surface area contributed by atoms with Gasteiger partial charge in [0.05, 0.1) is 0 Å². The van der Waals surface area contributed by atoms with Crippen molar-refractivity contribution in [3.63, 3.8) is 0 Å². The summed E-state index contributed by atoms with van der Waals surface area (Å²) in [6.07, 6.45) is 4.72. The molecule has 0 aromatic heterocycles. The Kier molecular flexibility index (Phi) is 5.14. The molecule has 0 aliphatic rings. The lowest BCUT2D eigenvalue weighted by Crippen LogP contribution is -2.50. The van der Waals surface area contributed by atoms with Crippen LogP contribution in [0.1, 0.15) is 67.2 Å². The lowest BCUT2D eigenvalue weighted by Gasteiger charge is -2.45. The van der Waals surface area contributed by atoms with Crippen molar-refractivity contribution in [2.24, 2.45) is 16.6 Å². The average Bonchev–Trinajstić information content (AvgIpc) is 2.25. The minimum absolute atomic E-state index is 0.306. The van der Waals surface area contributed by atoms with Crippen LogP contribution in [0.15, 0.2) is 0 Å². The zero-order valence-electron chi connectivity index (χ0n) is 11.0. The molecule has 2 N–H and O–H groups in total. The van der Waals surface area contributed by atoms with Crippen molar-refractivity contribution >= 4 is 0 Å². The molecule has 86 valence electrons. The van der Waals surface area contributed by atoms with Gasteiger partial charge in [0, 0.05) is 6.04 Å². The average molecular weight is 199 g/mol. The summed E-state index contributed by atoms with van der Waals surface area (Å²) in [7, 11) is 0. The molecule has 0 spiro atoms. The molecular weight excluding hydrogens is 170 g/mol. The summed E-state index contributed by atoms with van der Waals surface area (Å²) in [5.41, 5.74) is 7.09. The normalized spacial score (nSPS) is 13.7. The third kappa shape index (κ3) is 2.50. The molecule has 0 saturated heterocycles. The van der Waals surface area contributed by atoms with Crippen LogP contribution in [0.4, 0.5) is 0 Å². The molecule has 1 heteroatoms. The Bertz CT molecular complexity index is 137. The van der Waals surface area contributed by atoms with Crippen molar-refractivity contribution in [2.45, 2.75) is 73.3 Å². The first-order chi connectivity index (χ1) is 6.40. The Morgan fingerprint density at radius 3 is 1.14 bits per heavy atom. The smallest absolute Gasteiger partial charge is 0.0147 e. The standard InChI is InChI=1S/C13H29N/c1-7-12(5,8-2)11(14)13(6,9-3)10-4/h11H,7-10,14H2,1-6H3. The zero-order valence-corrected chi connectivity index (χ0v) is 11.0. The van der Waals surface area contributed by atoms with Crippen LogP contribution < -0.4 is 5.73 Å². The molecule has 0 fully saturated rings. The molecule has 0 heterocycles. The molecule has 0 bridgehead atoms. The van der Waals surface area contributed by atoms with Crippen LogP contribution in [0.25, 0.3) is 0 Å². The number of rotatable bonds is 6. The maximum absolute atomic E-state index is 6.47. The van der Waals surface area contributed by atoms with E-state index in [-0.39, 0.29) is 0 Å². The summed E-state index contributed by atoms with van der Waals surface area (Å²) in [4.78, 5) is 0. The SMILES string of the molecule is CCC(C)(CC)C(N)C(C)(CC)CC. The third-order valence-electron chi connectivity index (χ3n) is 4.73. The van der Waals surface area contributed by atoms with Crippen molar-refractivity contribution in [1.82, 2.24) is 0 Å². The van der Waals surface area contributed by atoms with Crippen molar-refractivity contribution < 1.29 is 0 Å². The largest absolute Gasteiger partial charge is 0.327 e. The molecule has 0 rings (SSSR count). The van der Waals surface area contributed by atoms with Gasteiger partial charge in [0.25, 0.3) is 0 Å². The molecule has 0 unspecified atom stereocenters. The fourth-order valence-electron chi connectivity index (χ4n) is 2.22. The van der Waals surface area contributed by atoms with Crippen LogP contribution in [-0.4, -0.2) is 6.04 Å². The van der Waals surface area contributed by atoms with Gasteiger partial charge < -0.3 is 5.73 Å². The van der Waals surface area contributed by atoms with Gasteiger partial charge >= 0.3 is 0 Å². The highest BCUT2D eigenvalue weighted by molar-refractivity contribution is 4.94.